The highest BCUT2D eigenvalue weighted by Gasteiger charge is 2.50. The molecule has 2 aromatic rings. The molecule has 0 aliphatic carbocycles. The van der Waals surface area contributed by atoms with Crippen LogP contribution in [0.4, 0.5) is 4.79 Å². The number of aromatic nitrogens is 1. The Balaban J connectivity index is 1.81. The Morgan fingerprint density at radius 3 is 2.92 bits per heavy atom. The minimum Gasteiger partial charge on any atom is -0.453 e. The average molecular weight is 361 g/mol. The van der Waals surface area contributed by atoms with Crippen molar-refractivity contribution in [2.45, 2.75) is 37.2 Å². The van der Waals surface area contributed by atoms with E-state index in [2.05, 4.69) is 17.1 Å². The molecule has 1 fully saturated rings. The van der Waals surface area contributed by atoms with E-state index in [0.29, 0.717) is 6.54 Å². The van der Waals surface area contributed by atoms with Gasteiger partial charge in [-0.05, 0) is 31.9 Å². The highest BCUT2D eigenvalue weighted by Crippen LogP contribution is 2.46. The molecule has 25 heavy (non-hydrogen) atoms. The summed E-state index contributed by atoms with van der Waals surface area (Å²) in [5.74, 6) is 0.749. The summed E-state index contributed by atoms with van der Waals surface area (Å²) in [5.41, 5.74) is 3.32. The van der Waals surface area contributed by atoms with Gasteiger partial charge in [0.1, 0.15) is 0 Å². The van der Waals surface area contributed by atoms with Crippen LogP contribution in [0.3, 0.4) is 0 Å². The Morgan fingerprint density at radius 2 is 2.16 bits per heavy atom. The zero-order chi connectivity index (χ0) is 17.8. The lowest BCUT2D eigenvalue weighted by Gasteiger charge is -2.40. The fourth-order valence-electron chi connectivity index (χ4n) is 4.17. The number of rotatable bonds is 1. The number of aromatic amines is 1. The number of hydrogen-bond acceptors (Lipinski definition) is 5. The van der Waals surface area contributed by atoms with Gasteiger partial charge < -0.3 is 14.9 Å². The van der Waals surface area contributed by atoms with Crippen molar-refractivity contribution in [1.82, 2.24) is 14.9 Å². The molecule has 1 saturated heterocycles. The molecule has 0 radical (unpaired) electrons. The second kappa shape index (κ2) is 5.93. The van der Waals surface area contributed by atoms with E-state index in [-0.39, 0.29) is 23.0 Å². The lowest BCUT2D eigenvalue weighted by Crippen LogP contribution is -2.53. The molecule has 0 unspecified atom stereocenters. The Kier molecular flexibility index (Phi) is 3.97. The van der Waals surface area contributed by atoms with Crippen molar-refractivity contribution >= 4 is 28.8 Å². The molecule has 0 bridgehead atoms. The number of fused-ring (bicyclic) bond motifs is 3. The van der Waals surface area contributed by atoms with Crippen LogP contribution in [0.5, 0.6) is 0 Å². The first-order valence-electron chi connectivity index (χ1n) is 8.50. The molecule has 134 valence electrons. The summed E-state index contributed by atoms with van der Waals surface area (Å²) in [4.78, 5) is 17.3. The first kappa shape index (κ1) is 16.8. The standard InChI is InChI=1S/C18H23N3O3S/c1-18(2)21(17(22)24-3)14(10-25-18)16-15-12(8-9-20(16)23)11-6-4-5-7-13(11)19-15/h4-7,14,16,19,23H,8-10H2,1-3H3/t14-,16+/m0/s1. The molecule has 1 aromatic carbocycles. The SMILES string of the molecule is COC(=O)N1[C@H]([C@@H]2c3[nH]c4ccccc4c3CCN2O)CSC1(C)C. The van der Waals surface area contributed by atoms with Gasteiger partial charge in [-0.15, -0.1) is 11.8 Å². The van der Waals surface area contributed by atoms with E-state index >= 15 is 0 Å². The highest BCUT2D eigenvalue weighted by molar-refractivity contribution is 8.00. The number of methoxy groups -OCH3 is 1. The normalized spacial score (nSPS) is 26.0. The van der Waals surface area contributed by atoms with Crippen LogP contribution in [0, 0.1) is 0 Å². The zero-order valence-corrected chi connectivity index (χ0v) is 15.5. The Labute approximate surface area is 151 Å². The van der Waals surface area contributed by atoms with E-state index in [1.54, 1.807) is 16.7 Å². The molecule has 0 saturated carbocycles. The number of thioether (sulfide) groups is 1. The van der Waals surface area contributed by atoms with Crippen molar-refractivity contribution < 1.29 is 14.7 Å². The largest absolute Gasteiger partial charge is 0.453 e. The highest BCUT2D eigenvalue weighted by atomic mass is 32.2. The molecule has 2 atom stereocenters. The first-order chi connectivity index (χ1) is 11.9. The third kappa shape index (κ3) is 2.53. The third-order valence-electron chi connectivity index (χ3n) is 5.31. The van der Waals surface area contributed by atoms with Gasteiger partial charge in [0.15, 0.2) is 0 Å². The summed E-state index contributed by atoms with van der Waals surface area (Å²) in [6, 6.07) is 7.75. The third-order valence-corrected chi connectivity index (χ3v) is 6.72. The van der Waals surface area contributed by atoms with E-state index in [4.69, 9.17) is 4.74 Å². The van der Waals surface area contributed by atoms with Gasteiger partial charge in [0, 0.05) is 28.9 Å². The smallest absolute Gasteiger partial charge is 0.410 e. The maximum absolute atomic E-state index is 12.5. The summed E-state index contributed by atoms with van der Waals surface area (Å²) in [6.45, 7) is 4.59. The van der Waals surface area contributed by atoms with Gasteiger partial charge in [-0.1, -0.05) is 18.2 Å². The lowest BCUT2D eigenvalue weighted by atomic mass is 9.93. The number of para-hydroxylation sites is 1. The maximum atomic E-state index is 12.5. The number of ether oxygens (including phenoxy) is 1. The number of hydroxylamine groups is 2. The number of hydrogen-bond donors (Lipinski definition) is 2. The minimum absolute atomic E-state index is 0.162. The van der Waals surface area contributed by atoms with Gasteiger partial charge in [-0.25, -0.2) is 4.79 Å². The Morgan fingerprint density at radius 1 is 1.40 bits per heavy atom. The van der Waals surface area contributed by atoms with E-state index in [1.165, 1.54) is 23.1 Å². The molecule has 0 spiro atoms. The first-order valence-corrected chi connectivity index (χ1v) is 9.49. The van der Waals surface area contributed by atoms with Crippen molar-refractivity contribution in [3.63, 3.8) is 0 Å². The van der Waals surface area contributed by atoms with Crippen LogP contribution in [0.15, 0.2) is 24.3 Å². The summed E-state index contributed by atoms with van der Waals surface area (Å²) in [6.07, 6.45) is 0.435. The van der Waals surface area contributed by atoms with E-state index in [1.807, 2.05) is 26.0 Å². The van der Waals surface area contributed by atoms with Crippen LogP contribution >= 0.6 is 11.8 Å². The van der Waals surface area contributed by atoms with Gasteiger partial charge in [-0.2, -0.15) is 5.06 Å². The average Bonchev–Trinajstić information content (AvgIpc) is 3.11. The summed E-state index contributed by atoms with van der Waals surface area (Å²) in [7, 11) is 1.41. The predicted octanol–water partition coefficient (Wildman–Crippen LogP) is 3.38. The van der Waals surface area contributed by atoms with Crippen molar-refractivity contribution in [3.05, 3.63) is 35.5 Å². The van der Waals surface area contributed by atoms with Crippen LogP contribution in [0.1, 0.15) is 31.1 Å². The molecule has 4 rings (SSSR count). The summed E-state index contributed by atoms with van der Waals surface area (Å²) < 4.78 is 5.04. The fourth-order valence-corrected chi connectivity index (χ4v) is 5.43. The Bertz CT molecular complexity index is 819. The van der Waals surface area contributed by atoms with E-state index < -0.39 is 0 Å². The molecule has 2 N–H and O–H groups in total. The molecule has 6 nitrogen and oxygen atoms in total. The van der Waals surface area contributed by atoms with E-state index in [9.17, 15) is 10.0 Å². The zero-order valence-electron chi connectivity index (χ0n) is 14.7. The number of nitrogens with one attached hydrogen (secondary N) is 1. The van der Waals surface area contributed by atoms with Gasteiger partial charge >= 0.3 is 6.09 Å². The van der Waals surface area contributed by atoms with Crippen LogP contribution in [0.25, 0.3) is 10.9 Å². The second-order valence-electron chi connectivity index (χ2n) is 7.09. The second-order valence-corrected chi connectivity index (χ2v) is 8.71. The number of carbonyl (C=O) groups excluding carboxylic acids is 1. The van der Waals surface area contributed by atoms with Gasteiger partial charge in [0.05, 0.1) is 24.1 Å². The van der Waals surface area contributed by atoms with Crippen molar-refractivity contribution in [2.24, 2.45) is 0 Å². The van der Waals surface area contributed by atoms with Gasteiger partial charge in [0.2, 0.25) is 0 Å². The molecule has 1 aromatic heterocycles. The lowest BCUT2D eigenvalue weighted by molar-refractivity contribution is -0.150. The van der Waals surface area contributed by atoms with Crippen molar-refractivity contribution in [3.8, 4) is 0 Å². The molecule has 2 aliphatic heterocycles. The molecule has 3 heterocycles. The van der Waals surface area contributed by atoms with Crippen molar-refractivity contribution in [2.75, 3.05) is 19.4 Å². The number of benzene rings is 1. The number of carbonyl (C=O) groups is 1. The predicted molar refractivity (Wildman–Crippen MR) is 97.8 cm³/mol. The molecule has 1 amide bonds. The van der Waals surface area contributed by atoms with Crippen LogP contribution in [-0.2, 0) is 11.2 Å². The number of H-pyrrole nitrogens is 1. The fraction of sp³-hybridized carbons (Fsp3) is 0.500. The molecule has 2 aliphatic rings. The monoisotopic (exact) mass is 361 g/mol. The quantitative estimate of drug-likeness (QED) is 0.815. The van der Waals surface area contributed by atoms with Gasteiger partial charge in [0.25, 0.3) is 0 Å². The summed E-state index contributed by atoms with van der Waals surface area (Å²) >= 11 is 1.71. The van der Waals surface area contributed by atoms with Crippen molar-refractivity contribution in [1.29, 1.82) is 0 Å². The summed E-state index contributed by atoms with van der Waals surface area (Å²) in [5, 5.41) is 13.2. The number of amides is 1. The van der Waals surface area contributed by atoms with Gasteiger partial charge in [-0.3, -0.25) is 4.90 Å². The Hall–Kier alpha value is -1.70. The topological polar surface area (TPSA) is 68.8 Å². The van der Waals surface area contributed by atoms with Crippen LogP contribution in [0.2, 0.25) is 0 Å². The maximum Gasteiger partial charge on any atom is 0.410 e. The molecule has 7 heteroatoms. The molecular weight excluding hydrogens is 338 g/mol. The van der Waals surface area contributed by atoms with Crippen LogP contribution < -0.4 is 0 Å². The minimum atomic E-state index is -0.373. The van der Waals surface area contributed by atoms with Crippen LogP contribution in [-0.4, -0.2) is 56.6 Å². The van der Waals surface area contributed by atoms with E-state index in [0.717, 1.165) is 23.4 Å². The number of nitrogens with zero attached hydrogens (tertiary/aromatic N) is 2. The molecular formula is C18H23N3O3S.